The molecule has 0 aliphatic heterocycles. The number of hydrogen-bond donors (Lipinski definition) is 2. The SMILES string of the molecule is CCC(CS(=O)(=O)c1ccccc1)NC(=NC)NCc1cccc(OC)c1. The Labute approximate surface area is 161 Å². The van der Waals surface area contributed by atoms with Crippen LogP contribution in [0.1, 0.15) is 18.9 Å². The van der Waals surface area contributed by atoms with Crippen molar-refractivity contribution in [1.82, 2.24) is 10.6 Å². The molecule has 7 heteroatoms. The molecule has 146 valence electrons. The Balaban J connectivity index is 1.98. The minimum atomic E-state index is -3.36. The van der Waals surface area contributed by atoms with Gasteiger partial charge in [0.15, 0.2) is 15.8 Å². The van der Waals surface area contributed by atoms with Gasteiger partial charge < -0.3 is 15.4 Å². The topological polar surface area (TPSA) is 79.8 Å². The minimum absolute atomic E-state index is 0.00731. The fourth-order valence-corrected chi connectivity index (χ4v) is 4.22. The number of aliphatic imine (C=N–C) groups is 1. The Hall–Kier alpha value is -2.54. The van der Waals surface area contributed by atoms with Gasteiger partial charge >= 0.3 is 0 Å². The zero-order valence-corrected chi connectivity index (χ0v) is 16.8. The Kier molecular flexibility index (Phi) is 7.67. The van der Waals surface area contributed by atoms with Gasteiger partial charge in [0.05, 0.1) is 17.8 Å². The third-order valence-corrected chi connectivity index (χ3v) is 6.01. The largest absolute Gasteiger partial charge is 0.497 e. The number of nitrogens with one attached hydrogen (secondary N) is 2. The monoisotopic (exact) mass is 389 g/mol. The molecule has 2 aromatic rings. The van der Waals surface area contributed by atoms with E-state index in [4.69, 9.17) is 4.74 Å². The Bertz CT molecular complexity index is 852. The minimum Gasteiger partial charge on any atom is -0.497 e. The second-order valence-corrected chi connectivity index (χ2v) is 8.16. The summed E-state index contributed by atoms with van der Waals surface area (Å²) in [6.07, 6.45) is 0.659. The maximum Gasteiger partial charge on any atom is 0.191 e. The third-order valence-electron chi connectivity index (χ3n) is 4.17. The average molecular weight is 390 g/mol. The van der Waals surface area contributed by atoms with Crippen molar-refractivity contribution in [3.05, 3.63) is 60.2 Å². The molecule has 1 unspecified atom stereocenters. The van der Waals surface area contributed by atoms with Crippen LogP contribution < -0.4 is 15.4 Å². The van der Waals surface area contributed by atoms with Gasteiger partial charge in [-0.1, -0.05) is 37.3 Å². The molecule has 2 rings (SSSR count). The highest BCUT2D eigenvalue weighted by Gasteiger charge is 2.20. The van der Waals surface area contributed by atoms with Crippen LogP contribution in [0.4, 0.5) is 0 Å². The predicted octanol–water partition coefficient (Wildman–Crippen LogP) is 2.61. The number of methoxy groups -OCH3 is 1. The summed E-state index contributed by atoms with van der Waals surface area (Å²) < 4.78 is 30.4. The zero-order chi connectivity index (χ0) is 19.7. The third kappa shape index (κ3) is 6.29. The van der Waals surface area contributed by atoms with E-state index < -0.39 is 9.84 Å². The first-order valence-corrected chi connectivity index (χ1v) is 10.5. The lowest BCUT2D eigenvalue weighted by Crippen LogP contribution is -2.45. The van der Waals surface area contributed by atoms with Crippen molar-refractivity contribution in [1.29, 1.82) is 0 Å². The van der Waals surface area contributed by atoms with Crippen molar-refractivity contribution in [2.45, 2.75) is 30.8 Å². The van der Waals surface area contributed by atoms with Crippen molar-refractivity contribution in [2.24, 2.45) is 4.99 Å². The van der Waals surface area contributed by atoms with Crippen LogP contribution in [0.3, 0.4) is 0 Å². The summed E-state index contributed by atoms with van der Waals surface area (Å²) in [6.45, 7) is 2.51. The van der Waals surface area contributed by atoms with Gasteiger partial charge in [0.2, 0.25) is 0 Å². The highest BCUT2D eigenvalue weighted by Crippen LogP contribution is 2.13. The number of nitrogens with zero attached hydrogens (tertiary/aromatic N) is 1. The van der Waals surface area contributed by atoms with Crippen LogP contribution in [-0.4, -0.2) is 40.3 Å². The molecule has 0 spiro atoms. The van der Waals surface area contributed by atoms with E-state index in [2.05, 4.69) is 15.6 Å². The molecule has 0 bridgehead atoms. The second kappa shape index (κ2) is 9.97. The van der Waals surface area contributed by atoms with E-state index in [1.54, 1.807) is 44.5 Å². The van der Waals surface area contributed by atoms with Crippen LogP contribution in [0, 0.1) is 0 Å². The van der Waals surface area contributed by atoms with E-state index >= 15 is 0 Å². The maximum absolute atomic E-state index is 12.6. The lowest BCUT2D eigenvalue weighted by atomic mass is 10.2. The van der Waals surface area contributed by atoms with Crippen molar-refractivity contribution in [3.63, 3.8) is 0 Å². The zero-order valence-electron chi connectivity index (χ0n) is 16.0. The number of ether oxygens (including phenoxy) is 1. The molecule has 0 aliphatic rings. The van der Waals surface area contributed by atoms with Crippen LogP contribution in [0.15, 0.2) is 64.5 Å². The molecule has 0 aromatic heterocycles. The van der Waals surface area contributed by atoms with Gasteiger partial charge in [-0.05, 0) is 36.2 Å². The van der Waals surface area contributed by atoms with E-state index in [-0.39, 0.29) is 11.8 Å². The molecule has 27 heavy (non-hydrogen) atoms. The number of guanidine groups is 1. The molecule has 0 fully saturated rings. The fraction of sp³-hybridized carbons (Fsp3) is 0.350. The highest BCUT2D eigenvalue weighted by molar-refractivity contribution is 7.91. The van der Waals surface area contributed by atoms with Gasteiger partial charge in [0.1, 0.15) is 5.75 Å². The van der Waals surface area contributed by atoms with Gasteiger partial charge in [-0.15, -0.1) is 0 Å². The molecule has 6 nitrogen and oxygen atoms in total. The summed E-state index contributed by atoms with van der Waals surface area (Å²) in [5.41, 5.74) is 1.04. The van der Waals surface area contributed by atoms with Crippen LogP contribution in [-0.2, 0) is 16.4 Å². The summed E-state index contributed by atoms with van der Waals surface area (Å²) in [5.74, 6) is 1.36. The lowest BCUT2D eigenvalue weighted by molar-refractivity contribution is 0.414. The molecule has 0 amide bonds. The molecule has 1 atom stereocenters. The Morgan fingerprint density at radius 1 is 1.15 bits per heavy atom. The summed E-state index contributed by atoms with van der Waals surface area (Å²) >= 11 is 0. The first kappa shape index (κ1) is 20.8. The van der Waals surface area contributed by atoms with Gasteiger partial charge in [-0.3, -0.25) is 4.99 Å². The quantitative estimate of drug-likeness (QED) is 0.536. The first-order valence-electron chi connectivity index (χ1n) is 8.86. The molecule has 0 radical (unpaired) electrons. The molecule has 0 saturated carbocycles. The normalized spacial score (nSPS) is 13.1. The first-order chi connectivity index (χ1) is 13.0. The summed E-state index contributed by atoms with van der Waals surface area (Å²) in [5, 5.41) is 6.42. The lowest BCUT2D eigenvalue weighted by Gasteiger charge is -2.20. The molecule has 2 N–H and O–H groups in total. The fourth-order valence-electron chi connectivity index (χ4n) is 2.61. The van der Waals surface area contributed by atoms with Crippen LogP contribution >= 0.6 is 0 Å². The van der Waals surface area contributed by atoms with Crippen molar-refractivity contribution < 1.29 is 13.2 Å². The van der Waals surface area contributed by atoms with Crippen LogP contribution in [0.2, 0.25) is 0 Å². The van der Waals surface area contributed by atoms with E-state index in [1.165, 1.54) is 0 Å². The second-order valence-electron chi connectivity index (χ2n) is 6.12. The van der Waals surface area contributed by atoms with Crippen molar-refractivity contribution in [3.8, 4) is 5.75 Å². The van der Waals surface area contributed by atoms with E-state index in [9.17, 15) is 8.42 Å². The molecule has 2 aromatic carbocycles. The smallest absolute Gasteiger partial charge is 0.191 e. The van der Waals surface area contributed by atoms with Crippen LogP contribution in [0.5, 0.6) is 5.75 Å². The number of sulfone groups is 1. The summed E-state index contributed by atoms with van der Waals surface area (Å²) in [4.78, 5) is 4.54. The molecule has 0 heterocycles. The highest BCUT2D eigenvalue weighted by atomic mass is 32.2. The molecule has 0 aliphatic carbocycles. The van der Waals surface area contributed by atoms with Crippen molar-refractivity contribution >= 4 is 15.8 Å². The standard InChI is InChI=1S/C20H27N3O3S/c1-4-17(15-27(24,25)19-11-6-5-7-12-19)23-20(21-2)22-14-16-9-8-10-18(13-16)26-3/h5-13,17H,4,14-15H2,1-3H3,(H2,21,22,23). The summed E-state index contributed by atoms with van der Waals surface area (Å²) in [7, 11) is -0.0664. The van der Waals surface area contributed by atoms with E-state index in [1.807, 2.05) is 31.2 Å². The maximum atomic E-state index is 12.6. The van der Waals surface area contributed by atoms with E-state index in [0.717, 1.165) is 11.3 Å². The average Bonchev–Trinajstić information content (AvgIpc) is 2.70. The number of benzene rings is 2. The van der Waals surface area contributed by atoms with E-state index in [0.29, 0.717) is 23.8 Å². The van der Waals surface area contributed by atoms with Gasteiger partial charge in [0.25, 0.3) is 0 Å². The summed E-state index contributed by atoms with van der Waals surface area (Å²) in [6, 6.07) is 16.0. The number of rotatable bonds is 8. The molecular formula is C20H27N3O3S. The van der Waals surface area contributed by atoms with Gasteiger partial charge in [-0.25, -0.2) is 8.42 Å². The van der Waals surface area contributed by atoms with Crippen LogP contribution in [0.25, 0.3) is 0 Å². The predicted molar refractivity (Wildman–Crippen MR) is 109 cm³/mol. The van der Waals surface area contributed by atoms with Gasteiger partial charge in [-0.2, -0.15) is 0 Å². The molecule has 0 saturated heterocycles. The Morgan fingerprint density at radius 2 is 1.89 bits per heavy atom. The van der Waals surface area contributed by atoms with Crippen molar-refractivity contribution in [2.75, 3.05) is 19.9 Å². The molecular weight excluding hydrogens is 362 g/mol. The Morgan fingerprint density at radius 3 is 2.52 bits per heavy atom. The number of hydrogen-bond acceptors (Lipinski definition) is 4. The van der Waals surface area contributed by atoms with Gasteiger partial charge in [0, 0.05) is 19.6 Å².